The molecule has 0 aromatic carbocycles. The summed E-state index contributed by atoms with van der Waals surface area (Å²) in [5.41, 5.74) is 2.84. The molecule has 0 saturated heterocycles. The van der Waals surface area contributed by atoms with Gasteiger partial charge >= 0.3 is 0 Å². The maximum atomic E-state index is 4.36. The van der Waals surface area contributed by atoms with E-state index < -0.39 is 0 Å². The first kappa shape index (κ1) is 10.8. The Labute approximate surface area is 104 Å². The standard InChI is InChI=1S/C12H14N6/c1-3-13-11-4-10-9(6-14-11)12(17-16-10)8-5-15-18(2)7-8/h4-7H,3H2,1-2H3,(H,13,14)(H,16,17). The lowest BCUT2D eigenvalue weighted by atomic mass is 10.2. The number of H-pyrrole nitrogens is 1. The van der Waals surface area contributed by atoms with Gasteiger partial charge in [0.15, 0.2) is 0 Å². The third-order valence-electron chi connectivity index (χ3n) is 2.78. The van der Waals surface area contributed by atoms with E-state index in [1.165, 1.54) is 0 Å². The summed E-state index contributed by atoms with van der Waals surface area (Å²) in [7, 11) is 1.89. The van der Waals surface area contributed by atoms with E-state index in [0.29, 0.717) is 0 Å². The van der Waals surface area contributed by atoms with Crippen LogP contribution >= 0.6 is 0 Å². The van der Waals surface area contributed by atoms with Crippen molar-refractivity contribution in [2.45, 2.75) is 6.92 Å². The molecular formula is C12H14N6. The van der Waals surface area contributed by atoms with Crippen LogP contribution in [0.1, 0.15) is 6.92 Å². The van der Waals surface area contributed by atoms with Crippen LogP contribution in [-0.4, -0.2) is 31.5 Å². The highest BCUT2D eigenvalue weighted by atomic mass is 15.2. The fourth-order valence-corrected chi connectivity index (χ4v) is 1.95. The molecule has 0 atom stereocenters. The molecule has 0 aliphatic heterocycles. The second-order valence-electron chi connectivity index (χ2n) is 4.12. The lowest BCUT2D eigenvalue weighted by Crippen LogP contribution is -1.98. The van der Waals surface area contributed by atoms with Crippen LogP contribution in [0, 0.1) is 0 Å². The summed E-state index contributed by atoms with van der Waals surface area (Å²) in [4.78, 5) is 4.36. The van der Waals surface area contributed by atoms with Gasteiger partial charge in [-0.05, 0) is 6.92 Å². The van der Waals surface area contributed by atoms with Gasteiger partial charge in [-0.2, -0.15) is 10.2 Å². The van der Waals surface area contributed by atoms with Crippen LogP contribution in [0.15, 0.2) is 24.7 Å². The van der Waals surface area contributed by atoms with Gasteiger partial charge in [-0.15, -0.1) is 0 Å². The molecule has 6 nitrogen and oxygen atoms in total. The van der Waals surface area contributed by atoms with E-state index >= 15 is 0 Å². The number of fused-ring (bicyclic) bond motifs is 1. The van der Waals surface area contributed by atoms with E-state index in [2.05, 4.69) is 25.6 Å². The quantitative estimate of drug-likeness (QED) is 0.734. The molecular weight excluding hydrogens is 228 g/mol. The van der Waals surface area contributed by atoms with Gasteiger partial charge in [0.1, 0.15) is 11.5 Å². The molecule has 0 saturated carbocycles. The SMILES string of the molecule is CCNc1cc2[nH]nc(-c3cnn(C)c3)c2cn1. The number of nitrogens with one attached hydrogen (secondary N) is 2. The van der Waals surface area contributed by atoms with E-state index in [4.69, 9.17) is 0 Å². The van der Waals surface area contributed by atoms with Gasteiger partial charge in [0.25, 0.3) is 0 Å². The maximum absolute atomic E-state index is 4.36. The first-order valence-corrected chi connectivity index (χ1v) is 5.85. The van der Waals surface area contributed by atoms with Gasteiger partial charge in [0, 0.05) is 43.0 Å². The number of anilines is 1. The van der Waals surface area contributed by atoms with E-state index in [9.17, 15) is 0 Å². The molecule has 2 N–H and O–H groups in total. The molecule has 3 aromatic heterocycles. The molecule has 0 aliphatic carbocycles. The Bertz CT molecular complexity index is 681. The summed E-state index contributed by atoms with van der Waals surface area (Å²) in [6, 6.07) is 1.96. The largest absolute Gasteiger partial charge is 0.370 e. The Balaban J connectivity index is 2.09. The van der Waals surface area contributed by atoms with Crippen molar-refractivity contribution in [1.82, 2.24) is 25.0 Å². The number of hydrogen-bond acceptors (Lipinski definition) is 4. The van der Waals surface area contributed by atoms with Crippen molar-refractivity contribution < 1.29 is 0 Å². The monoisotopic (exact) mass is 242 g/mol. The predicted molar refractivity (Wildman–Crippen MR) is 70.3 cm³/mol. The minimum atomic E-state index is 0.849. The number of pyridine rings is 1. The molecule has 0 bridgehead atoms. The summed E-state index contributed by atoms with van der Waals surface area (Å²) in [5, 5.41) is 15.7. The van der Waals surface area contributed by atoms with Crippen molar-refractivity contribution in [3.05, 3.63) is 24.7 Å². The Hall–Kier alpha value is -2.37. The Morgan fingerprint density at radius 3 is 3.00 bits per heavy atom. The summed E-state index contributed by atoms with van der Waals surface area (Å²) >= 11 is 0. The molecule has 0 unspecified atom stereocenters. The molecule has 3 rings (SSSR count). The van der Waals surface area contributed by atoms with Crippen LogP contribution in [0.5, 0.6) is 0 Å². The van der Waals surface area contributed by atoms with Crippen molar-refractivity contribution >= 4 is 16.7 Å². The van der Waals surface area contributed by atoms with Crippen LogP contribution in [0.3, 0.4) is 0 Å². The minimum absolute atomic E-state index is 0.849. The fraction of sp³-hybridized carbons (Fsp3) is 0.250. The van der Waals surface area contributed by atoms with Crippen molar-refractivity contribution in [3.8, 4) is 11.3 Å². The molecule has 18 heavy (non-hydrogen) atoms. The lowest BCUT2D eigenvalue weighted by molar-refractivity contribution is 0.768. The normalized spacial score (nSPS) is 11.0. The number of rotatable bonds is 3. The van der Waals surface area contributed by atoms with Gasteiger partial charge < -0.3 is 5.32 Å². The molecule has 3 heterocycles. The van der Waals surface area contributed by atoms with Crippen LogP contribution in [0.2, 0.25) is 0 Å². The molecule has 6 heteroatoms. The zero-order chi connectivity index (χ0) is 12.5. The smallest absolute Gasteiger partial charge is 0.128 e. The van der Waals surface area contributed by atoms with Gasteiger partial charge in [0.05, 0.1) is 11.7 Å². The van der Waals surface area contributed by atoms with Crippen molar-refractivity contribution in [2.75, 3.05) is 11.9 Å². The van der Waals surface area contributed by atoms with Crippen LogP contribution in [0.25, 0.3) is 22.2 Å². The molecule has 0 spiro atoms. The number of aromatic amines is 1. The Kier molecular flexibility index (Phi) is 2.47. The Morgan fingerprint density at radius 2 is 2.28 bits per heavy atom. The summed E-state index contributed by atoms with van der Waals surface area (Å²) < 4.78 is 1.76. The van der Waals surface area contributed by atoms with Crippen LogP contribution in [0.4, 0.5) is 5.82 Å². The number of aromatic nitrogens is 5. The van der Waals surface area contributed by atoms with E-state index in [0.717, 1.165) is 34.5 Å². The fourth-order valence-electron chi connectivity index (χ4n) is 1.95. The number of hydrogen-bond donors (Lipinski definition) is 2. The Morgan fingerprint density at radius 1 is 1.39 bits per heavy atom. The summed E-state index contributed by atoms with van der Waals surface area (Å²) in [5.74, 6) is 0.853. The van der Waals surface area contributed by atoms with Gasteiger partial charge in [-0.1, -0.05) is 0 Å². The first-order chi connectivity index (χ1) is 8.78. The third kappa shape index (κ3) is 1.71. The second-order valence-corrected chi connectivity index (χ2v) is 4.12. The zero-order valence-electron chi connectivity index (χ0n) is 10.3. The molecule has 92 valence electrons. The van der Waals surface area contributed by atoms with E-state index in [-0.39, 0.29) is 0 Å². The van der Waals surface area contributed by atoms with E-state index in [1.807, 2.05) is 32.4 Å². The van der Waals surface area contributed by atoms with Crippen molar-refractivity contribution in [3.63, 3.8) is 0 Å². The van der Waals surface area contributed by atoms with Crippen LogP contribution in [-0.2, 0) is 7.05 Å². The highest BCUT2D eigenvalue weighted by Crippen LogP contribution is 2.26. The summed E-state index contributed by atoms with van der Waals surface area (Å²) in [6.45, 7) is 2.89. The maximum Gasteiger partial charge on any atom is 0.128 e. The molecule has 0 fully saturated rings. The average molecular weight is 242 g/mol. The van der Waals surface area contributed by atoms with Gasteiger partial charge in [-0.25, -0.2) is 4.98 Å². The molecule has 3 aromatic rings. The molecule has 0 radical (unpaired) electrons. The van der Waals surface area contributed by atoms with Gasteiger partial charge in [0.2, 0.25) is 0 Å². The third-order valence-corrected chi connectivity index (χ3v) is 2.78. The highest BCUT2D eigenvalue weighted by Gasteiger charge is 2.10. The lowest BCUT2D eigenvalue weighted by Gasteiger charge is -2.00. The van der Waals surface area contributed by atoms with E-state index in [1.54, 1.807) is 10.9 Å². The number of aryl methyl sites for hydroxylation is 1. The predicted octanol–water partition coefficient (Wildman–Crippen LogP) is 1.79. The van der Waals surface area contributed by atoms with Crippen LogP contribution < -0.4 is 5.32 Å². The second kappa shape index (κ2) is 4.14. The molecule has 0 aliphatic rings. The highest BCUT2D eigenvalue weighted by molar-refractivity contribution is 5.93. The molecule has 0 amide bonds. The van der Waals surface area contributed by atoms with Crippen molar-refractivity contribution in [1.29, 1.82) is 0 Å². The van der Waals surface area contributed by atoms with Crippen molar-refractivity contribution in [2.24, 2.45) is 7.05 Å². The summed E-state index contributed by atoms with van der Waals surface area (Å²) in [6.07, 6.45) is 5.57. The number of nitrogens with zero attached hydrogens (tertiary/aromatic N) is 4. The first-order valence-electron chi connectivity index (χ1n) is 5.85. The van der Waals surface area contributed by atoms with Gasteiger partial charge in [-0.3, -0.25) is 9.78 Å². The minimum Gasteiger partial charge on any atom is -0.370 e. The topological polar surface area (TPSA) is 71.4 Å². The zero-order valence-corrected chi connectivity index (χ0v) is 10.3. The average Bonchev–Trinajstić information content (AvgIpc) is 2.95.